The van der Waals surface area contributed by atoms with Crippen molar-refractivity contribution < 1.29 is 44.3 Å². The number of hydrogen-bond acceptors (Lipinski definition) is 5. The second kappa shape index (κ2) is 8.23. The van der Waals surface area contributed by atoms with Gasteiger partial charge in [0, 0.05) is 17.6 Å². The molecule has 0 spiro atoms. The molecular weight excluding hydrogens is 319 g/mol. The molecule has 1 heterocycles. The first-order valence-corrected chi connectivity index (χ1v) is 7.28. The molecule has 1 aliphatic rings. The van der Waals surface area contributed by atoms with Gasteiger partial charge in [-0.05, 0) is 37.1 Å². The Morgan fingerprint density at radius 3 is 2.21 bits per heavy atom. The molecule has 0 saturated heterocycles. The van der Waals surface area contributed by atoms with Crippen LogP contribution in [-0.4, -0.2) is 26.9 Å². The summed E-state index contributed by atoms with van der Waals surface area (Å²) >= 11 is 0. The molecule has 1 aromatic heterocycles. The summed E-state index contributed by atoms with van der Waals surface area (Å²) < 4.78 is 0. The van der Waals surface area contributed by atoms with Crippen molar-refractivity contribution in [2.45, 2.75) is 12.8 Å². The zero-order valence-corrected chi connectivity index (χ0v) is 15.3. The Kier molecular flexibility index (Phi) is 6.30. The molecule has 1 aromatic carbocycles. The van der Waals surface area contributed by atoms with E-state index in [0.29, 0.717) is 18.5 Å². The van der Waals surface area contributed by atoms with Gasteiger partial charge in [-0.2, -0.15) is 15.0 Å². The molecule has 2 unspecified atom stereocenters. The number of aromatic nitrogens is 3. The van der Waals surface area contributed by atoms with Gasteiger partial charge in [-0.25, -0.2) is 0 Å². The third-order valence-corrected chi connectivity index (χ3v) is 3.86. The summed E-state index contributed by atoms with van der Waals surface area (Å²) in [5, 5.41) is 21.9. The van der Waals surface area contributed by atoms with Gasteiger partial charge in [0.1, 0.15) is 0 Å². The maximum atomic E-state index is 12.3. The van der Waals surface area contributed by atoms with Crippen molar-refractivity contribution in [2.24, 2.45) is 11.8 Å². The Morgan fingerprint density at radius 2 is 1.62 bits per heavy atom. The van der Waals surface area contributed by atoms with Crippen molar-refractivity contribution >= 4 is 17.6 Å². The largest absolute Gasteiger partial charge is 1.00 e. The maximum absolute atomic E-state index is 12.3. The van der Waals surface area contributed by atoms with Gasteiger partial charge >= 0.3 is 29.6 Å². The van der Waals surface area contributed by atoms with Crippen molar-refractivity contribution in [3.8, 4) is 5.69 Å². The Bertz CT molecular complexity index is 728. The minimum atomic E-state index is -1.19. The fourth-order valence-electron chi connectivity index (χ4n) is 2.63. The monoisotopic (exact) mass is 334 g/mol. The predicted octanol–water partition coefficient (Wildman–Crippen LogP) is -2.46. The number of anilines is 1. The van der Waals surface area contributed by atoms with Gasteiger partial charge in [0.05, 0.1) is 24.0 Å². The van der Waals surface area contributed by atoms with E-state index in [1.807, 2.05) is 6.08 Å². The zero-order valence-electron chi connectivity index (χ0n) is 13.3. The number of benzene rings is 1. The molecule has 2 atom stereocenters. The van der Waals surface area contributed by atoms with Gasteiger partial charge in [-0.3, -0.25) is 4.79 Å². The minimum absolute atomic E-state index is 0. The normalized spacial score (nSPS) is 19.3. The Balaban J connectivity index is 0.00000208. The fraction of sp³-hybridized carbons (Fsp3) is 0.250. The molecule has 0 fully saturated rings. The molecule has 1 amide bonds. The van der Waals surface area contributed by atoms with Crippen molar-refractivity contribution in [1.82, 2.24) is 15.0 Å². The summed E-state index contributed by atoms with van der Waals surface area (Å²) in [5.41, 5.74) is 1.36. The molecule has 7 nitrogen and oxygen atoms in total. The summed E-state index contributed by atoms with van der Waals surface area (Å²) in [6.07, 6.45) is 7.48. The van der Waals surface area contributed by atoms with Crippen LogP contribution in [0.5, 0.6) is 0 Å². The molecule has 1 aliphatic carbocycles. The van der Waals surface area contributed by atoms with E-state index in [2.05, 4.69) is 15.5 Å². The van der Waals surface area contributed by atoms with Gasteiger partial charge in [-0.15, -0.1) is 0 Å². The van der Waals surface area contributed by atoms with Crippen LogP contribution in [0.2, 0.25) is 0 Å². The minimum Gasteiger partial charge on any atom is -0.550 e. The van der Waals surface area contributed by atoms with E-state index < -0.39 is 17.8 Å². The average molecular weight is 334 g/mol. The number of hydrogen-bond donors (Lipinski definition) is 1. The van der Waals surface area contributed by atoms with Crippen molar-refractivity contribution in [1.29, 1.82) is 0 Å². The van der Waals surface area contributed by atoms with E-state index >= 15 is 0 Å². The molecule has 0 bridgehead atoms. The topological polar surface area (TPSA) is 99.9 Å². The van der Waals surface area contributed by atoms with Crippen LogP contribution in [0.1, 0.15) is 12.8 Å². The first-order chi connectivity index (χ1) is 11.1. The van der Waals surface area contributed by atoms with Crippen LogP contribution in [0.15, 0.2) is 48.8 Å². The van der Waals surface area contributed by atoms with Crippen LogP contribution in [-0.2, 0) is 9.59 Å². The number of allylic oxidation sites excluding steroid dienone is 2. The SMILES string of the molecule is O=C([O-])C1CC=CCC1C(=O)Nc1ccc(-n2nccn2)cc1.[Na+]. The van der Waals surface area contributed by atoms with Crippen LogP contribution >= 0.6 is 0 Å². The summed E-state index contributed by atoms with van der Waals surface area (Å²) in [6, 6.07) is 6.99. The van der Waals surface area contributed by atoms with Gasteiger partial charge in [0.2, 0.25) is 5.91 Å². The average Bonchev–Trinajstić information content (AvgIpc) is 3.10. The Morgan fingerprint density at radius 1 is 1.04 bits per heavy atom. The standard InChI is InChI=1S/C16H16N4O3.Na/c21-15(13-3-1-2-4-14(13)16(22)23)19-11-5-7-12(8-6-11)20-17-9-10-18-20;/h1-2,5-10,13-14H,3-4H2,(H,19,21)(H,22,23);/q;+1/p-1. The van der Waals surface area contributed by atoms with E-state index in [0.717, 1.165) is 5.69 Å². The number of carboxylic acids is 1. The van der Waals surface area contributed by atoms with E-state index in [-0.39, 0.29) is 35.5 Å². The Labute approximate surface area is 161 Å². The number of aliphatic carboxylic acids is 1. The van der Waals surface area contributed by atoms with Crippen molar-refractivity contribution in [3.05, 3.63) is 48.8 Å². The molecule has 1 N–H and O–H groups in total. The molecule has 8 heteroatoms. The number of carbonyl (C=O) groups excluding carboxylic acids is 2. The summed E-state index contributed by atoms with van der Waals surface area (Å²) in [6.45, 7) is 0. The van der Waals surface area contributed by atoms with Gasteiger partial charge < -0.3 is 15.2 Å². The molecule has 0 aliphatic heterocycles. The van der Waals surface area contributed by atoms with Crippen LogP contribution in [0.25, 0.3) is 5.69 Å². The number of nitrogens with zero attached hydrogens (tertiary/aromatic N) is 3. The van der Waals surface area contributed by atoms with Crippen LogP contribution in [0.3, 0.4) is 0 Å². The summed E-state index contributed by atoms with van der Waals surface area (Å²) in [5.74, 6) is -2.90. The summed E-state index contributed by atoms with van der Waals surface area (Å²) in [7, 11) is 0. The van der Waals surface area contributed by atoms with Crippen LogP contribution < -0.4 is 40.0 Å². The maximum Gasteiger partial charge on any atom is 1.00 e. The van der Waals surface area contributed by atoms with Crippen molar-refractivity contribution in [2.75, 3.05) is 5.32 Å². The van der Waals surface area contributed by atoms with E-state index in [1.165, 1.54) is 4.80 Å². The van der Waals surface area contributed by atoms with Gasteiger partial charge in [0.15, 0.2) is 0 Å². The molecule has 2 aromatic rings. The third-order valence-electron chi connectivity index (χ3n) is 3.86. The smallest absolute Gasteiger partial charge is 0.550 e. The van der Waals surface area contributed by atoms with Crippen molar-refractivity contribution in [3.63, 3.8) is 0 Å². The van der Waals surface area contributed by atoms with Crippen LogP contribution in [0, 0.1) is 11.8 Å². The number of carbonyl (C=O) groups is 2. The molecule has 0 radical (unpaired) electrons. The molecule has 3 rings (SSSR count). The third kappa shape index (κ3) is 4.11. The first kappa shape index (κ1) is 18.4. The van der Waals surface area contributed by atoms with E-state index in [4.69, 9.17) is 0 Å². The van der Waals surface area contributed by atoms with Gasteiger partial charge in [-0.1, -0.05) is 12.2 Å². The number of carboxylic acid groups (broad SMARTS) is 1. The zero-order chi connectivity index (χ0) is 16.2. The van der Waals surface area contributed by atoms with E-state index in [9.17, 15) is 14.7 Å². The number of amides is 1. The van der Waals surface area contributed by atoms with Crippen LogP contribution in [0.4, 0.5) is 5.69 Å². The first-order valence-electron chi connectivity index (χ1n) is 7.28. The quantitative estimate of drug-likeness (QED) is 0.494. The number of nitrogens with one attached hydrogen (secondary N) is 1. The second-order valence-electron chi connectivity index (χ2n) is 5.33. The molecule has 24 heavy (non-hydrogen) atoms. The summed E-state index contributed by atoms with van der Waals surface area (Å²) in [4.78, 5) is 24.9. The second-order valence-corrected chi connectivity index (χ2v) is 5.33. The predicted molar refractivity (Wildman–Crippen MR) is 80.3 cm³/mol. The Hall–Kier alpha value is -1.96. The van der Waals surface area contributed by atoms with E-state index in [1.54, 1.807) is 42.7 Å². The molecule has 0 saturated carbocycles. The number of rotatable bonds is 4. The van der Waals surface area contributed by atoms with Gasteiger partial charge in [0.25, 0.3) is 0 Å². The molecule has 118 valence electrons. The molecular formula is C16H15N4NaO3. The fourth-order valence-corrected chi connectivity index (χ4v) is 2.63.